The third-order valence-electron chi connectivity index (χ3n) is 11.8. The number of hydrogen-bond donors (Lipinski definition) is 1. The number of nitrogens with zero attached hydrogens (tertiary/aromatic N) is 3. The van der Waals surface area contributed by atoms with Gasteiger partial charge in [-0.1, -0.05) is 103 Å². The zero-order chi connectivity index (χ0) is 37.5. The van der Waals surface area contributed by atoms with Gasteiger partial charge in [0.25, 0.3) is 0 Å². The van der Waals surface area contributed by atoms with Crippen LogP contribution in [0.3, 0.4) is 0 Å². The number of rotatable bonds is 5. The summed E-state index contributed by atoms with van der Waals surface area (Å²) < 4.78 is 15.3. The average Bonchev–Trinajstić information content (AvgIpc) is 3.95. The van der Waals surface area contributed by atoms with Crippen LogP contribution in [0.2, 0.25) is 0 Å². The van der Waals surface area contributed by atoms with E-state index in [-0.39, 0.29) is 12.1 Å². The van der Waals surface area contributed by atoms with Crippen molar-refractivity contribution >= 4 is 77.4 Å². The maximum Gasteiger partial charge on any atom is 0.154 e. The topological polar surface area (TPSA) is 68.0 Å². The number of amidine groups is 2. The van der Waals surface area contributed by atoms with Crippen molar-refractivity contribution in [2.45, 2.75) is 25.4 Å². The first kappa shape index (κ1) is 32.1. The summed E-state index contributed by atoms with van der Waals surface area (Å²) in [6, 6.07) is 43.2. The highest BCUT2D eigenvalue weighted by molar-refractivity contribution is 6.15. The molecule has 1 aliphatic heterocycles. The second kappa shape index (κ2) is 12.7. The molecule has 6 heteroatoms. The molecule has 0 saturated heterocycles. The van der Waals surface area contributed by atoms with Crippen molar-refractivity contribution in [3.8, 4) is 16.8 Å². The molecule has 0 fully saturated rings. The van der Waals surface area contributed by atoms with Gasteiger partial charge in [0.05, 0.1) is 11.0 Å². The van der Waals surface area contributed by atoms with Crippen LogP contribution in [0.1, 0.15) is 31.0 Å². The zero-order valence-corrected chi connectivity index (χ0v) is 31.0. The van der Waals surface area contributed by atoms with Crippen molar-refractivity contribution in [1.82, 2.24) is 9.88 Å². The van der Waals surface area contributed by atoms with Crippen LogP contribution in [0.5, 0.6) is 0 Å². The molecule has 6 nitrogen and oxygen atoms in total. The smallest absolute Gasteiger partial charge is 0.154 e. The van der Waals surface area contributed by atoms with E-state index in [0.717, 1.165) is 97.2 Å². The van der Waals surface area contributed by atoms with E-state index in [1.165, 1.54) is 27.4 Å². The van der Waals surface area contributed by atoms with Gasteiger partial charge in [0.2, 0.25) is 0 Å². The summed E-state index contributed by atoms with van der Waals surface area (Å²) in [6.45, 7) is 0. The van der Waals surface area contributed by atoms with Gasteiger partial charge in [-0.15, -0.1) is 0 Å². The quantitative estimate of drug-likeness (QED) is 0.191. The molecule has 1 N–H and O–H groups in total. The Labute approximate surface area is 328 Å². The van der Waals surface area contributed by atoms with Gasteiger partial charge in [-0.05, 0) is 102 Å². The highest BCUT2D eigenvalue weighted by atomic mass is 16.3. The summed E-state index contributed by atoms with van der Waals surface area (Å²) >= 11 is 0. The van der Waals surface area contributed by atoms with E-state index in [9.17, 15) is 0 Å². The van der Waals surface area contributed by atoms with Crippen molar-refractivity contribution in [3.05, 3.63) is 175 Å². The molecule has 272 valence electrons. The molecular weight excluding hydrogens is 701 g/mol. The number of fused-ring (bicyclic) bond motifs is 9. The number of furan rings is 2. The maximum atomic E-state index is 6.52. The fraction of sp³-hybridized carbons (Fsp3) is 0.0980. The van der Waals surface area contributed by atoms with Crippen molar-refractivity contribution < 1.29 is 8.83 Å². The monoisotopic (exact) mass is 736 g/mol. The molecule has 57 heavy (non-hydrogen) atoms. The van der Waals surface area contributed by atoms with E-state index < -0.39 is 0 Å². The van der Waals surface area contributed by atoms with Gasteiger partial charge in [0.1, 0.15) is 34.3 Å². The van der Waals surface area contributed by atoms with Crippen molar-refractivity contribution in [3.63, 3.8) is 0 Å². The Bertz CT molecular complexity index is 3270. The van der Waals surface area contributed by atoms with Crippen LogP contribution in [-0.2, 0) is 0 Å². The molecule has 0 amide bonds. The van der Waals surface area contributed by atoms with Gasteiger partial charge in [-0.3, -0.25) is 0 Å². The van der Waals surface area contributed by atoms with Gasteiger partial charge in [0, 0.05) is 43.9 Å². The summed E-state index contributed by atoms with van der Waals surface area (Å²) in [7, 11) is 0. The number of benzene rings is 6. The number of hydrogen-bond acceptors (Lipinski definition) is 5. The Balaban J connectivity index is 0.981. The van der Waals surface area contributed by atoms with Crippen LogP contribution >= 0.6 is 0 Å². The molecular formula is C51H36N4O2. The summed E-state index contributed by atoms with van der Waals surface area (Å²) in [5, 5.41) is 10.5. The summed E-state index contributed by atoms with van der Waals surface area (Å²) in [4.78, 5) is 10.3. The van der Waals surface area contributed by atoms with E-state index in [2.05, 4.69) is 174 Å². The molecule has 3 aromatic heterocycles. The fourth-order valence-electron chi connectivity index (χ4n) is 9.07. The molecule has 4 heterocycles. The van der Waals surface area contributed by atoms with E-state index >= 15 is 0 Å². The van der Waals surface area contributed by atoms with Crippen LogP contribution < -0.4 is 5.32 Å². The van der Waals surface area contributed by atoms with Crippen molar-refractivity contribution in [1.29, 1.82) is 0 Å². The minimum absolute atomic E-state index is 0.180. The standard InChI is InChI=1S/C51H36N4O2/c1-3-12-31(13-4-1)49-52-50(32-14-5-2-6-15-32)54-51(53-49)34-23-26-46-41(29-34)48-36(18-11-21-47(48)57-46)33-22-25-44-39(28-33)40-30-35(24-27-45(40)56-44)55-42-19-9-7-16-37(42)38-17-8-10-20-43(38)55/h1-5,7-12,14,16-31,51H,6,13,15H2,(H,52,53,54). The number of aliphatic imine (C=N–C) groups is 2. The Morgan fingerprint density at radius 2 is 1.40 bits per heavy atom. The largest absolute Gasteiger partial charge is 0.456 e. The summed E-state index contributed by atoms with van der Waals surface area (Å²) in [5.74, 6) is 1.96. The molecule has 0 saturated carbocycles. The van der Waals surface area contributed by atoms with Gasteiger partial charge < -0.3 is 18.7 Å². The minimum atomic E-state index is -0.280. The van der Waals surface area contributed by atoms with E-state index in [4.69, 9.17) is 18.8 Å². The van der Waals surface area contributed by atoms with Crippen LogP contribution in [0, 0.1) is 5.92 Å². The van der Waals surface area contributed by atoms with Crippen LogP contribution in [0.4, 0.5) is 0 Å². The molecule has 0 bridgehead atoms. The Kier molecular flexibility index (Phi) is 7.14. The van der Waals surface area contributed by atoms with Crippen LogP contribution in [0.25, 0.3) is 82.5 Å². The average molecular weight is 737 g/mol. The molecule has 6 aromatic carbocycles. The van der Waals surface area contributed by atoms with Gasteiger partial charge in [-0.25, -0.2) is 9.98 Å². The normalized spacial score (nSPS) is 18.2. The SMILES string of the molecule is C1=CCCC(C2=NC(c3ccc4oc5cccc(-c6ccc7oc8ccc(-n9c%10ccccc%10c%10ccccc%109)cc8c7c6)c5c4c3)NC(C3C=CC=CC3)=N2)=C1. The summed E-state index contributed by atoms with van der Waals surface area (Å²) in [5.41, 5.74) is 11.4. The summed E-state index contributed by atoms with van der Waals surface area (Å²) in [6.07, 6.45) is 17.7. The Morgan fingerprint density at radius 3 is 2.21 bits per heavy atom. The zero-order valence-electron chi connectivity index (χ0n) is 31.0. The lowest BCUT2D eigenvalue weighted by atomic mass is 9.96. The first-order valence-corrected chi connectivity index (χ1v) is 19.8. The van der Waals surface area contributed by atoms with E-state index in [0.29, 0.717) is 0 Å². The van der Waals surface area contributed by atoms with Crippen molar-refractivity contribution in [2.24, 2.45) is 15.9 Å². The van der Waals surface area contributed by atoms with E-state index in [1.807, 2.05) is 0 Å². The second-order valence-corrected chi connectivity index (χ2v) is 15.2. The van der Waals surface area contributed by atoms with Crippen LogP contribution in [-0.4, -0.2) is 16.2 Å². The van der Waals surface area contributed by atoms with E-state index in [1.54, 1.807) is 0 Å². The Hall–Kier alpha value is -7.18. The van der Waals surface area contributed by atoms with Gasteiger partial charge >= 0.3 is 0 Å². The Morgan fingerprint density at radius 1 is 0.632 bits per heavy atom. The molecule has 2 atom stereocenters. The number of aromatic nitrogens is 1. The first-order valence-electron chi connectivity index (χ1n) is 19.8. The molecule has 12 rings (SSSR count). The third-order valence-corrected chi connectivity index (χ3v) is 11.8. The fourth-order valence-corrected chi connectivity index (χ4v) is 9.07. The maximum absolute atomic E-state index is 6.52. The lowest BCUT2D eigenvalue weighted by Crippen LogP contribution is -2.37. The number of allylic oxidation sites excluding steroid dienone is 6. The van der Waals surface area contributed by atoms with Gasteiger partial charge in [0.15, 0.2) is 5.84 Å². The minimum Gasteiger partial charge on any atom is -0.456 e. The van der Waals surface area contributed by atoms with Gasteiger partial charge in [-0.2, -0.15) is 0 Å². The molecule has 2 aliphatic carbocycles. The van der Waals surface area contributed by atoms with Crippen molar-refractivity contribution in [2.75, 3.05) is 0 Å². The molecule has 3 aliphatic rings. The highest BCUT2D eigenvalue weighted by Crippen LogP contribution is 2.41. The van der Waals surface area contributed by atoms with Crippen LogP contribution in [0.15, 0.2) is 188 Å². The molecule has 2 unspecified atom stereocenters. The lowest BCUT2D eigenvalue weighted by Gasteiger charge is -2.28. The lowest BCUT2D eigenvalue weighted by molar-refractivity contribution is 0.640. The molecule has 9 aromatic rings. The molecule has 0 spiro atoms. The molecule has 0 radical (unpaired) electrons. The number of para-hydroxylation sites is 2. The number of nitrogens with one attached hydrogen (secondary N) is 1. The predicted octanol–water partition coefficient (Wildman–Crippen LogP) is 13.1. The first-order chi connectivity index (χ1) is 28.2. The highest BCUT2D eigenvalue weighted by Gasteiger charge is 2.26. The second-order valence-electron chi connectivity index (χ2n) is 15.2. The third kappa shape index (κ3) is 5.17. The predicted molar refractivity (Wildman–Crippen MR) is 234 cm³/mol.